The first-order valence-corrected chi connectivity index (χ1v) is 11.1. The van der Waals surface area contributed by atoms with Gasteiger partial charge in [-0.25, -0.2) is 4.68 Å². The highest BCUT2D eigenvalue weighted by atomic mass is 35.5. The minimum atomic E-state index is -0.285. The molecule has 0 saturated carbocycles. The second kappa shape index (κ2) is 10.4. The molecule has 0 aliphatic rings. The molecule has 0 aliphatic heterocycles. The summed E-state index contributed by atoms with van der Waals surface area (Å²) < 4.78 is 17.9. The Bertz CT molecular complexity index is 1150. The van der Waals surface area contributed by atoms with E-state index in [1.54, 1.807) is 44.2 Å². The van der Waals surface area contributed by atoms with Crippen LogP contribution in [0.1, 0.15) is 35.5 Å². The number of ether oxygens (including phenoxy) is 3. The predicted molar refractivity (Wildman–Crippen MR) is 129 cm³/mol. The van der Waals surface area contributed by atoms with Gasteiger partial charge in [0, 0.05) is 16.3 Å². The number of rotatable bonds is 8. The number of carbonyl (C=O) groups is 1. The summed E-state index contributed by atoms with van der Waals surface area (Å²) in [6, 6.07) is 8.59. The van der Waals surface area contributed by atoms with Gasteiger partial charge in [-0.05, 0) is 56.7 Å². The zero-order valence-electron chi connectivity index (χ0n) is 19.5. The Morgan fingerprint density at radius 3 is 2.24 bits per heavy atom. The number of halogens is 2. The number of carbonyl (C=O) groups excluding carboxylic acids is 1. The molecule has 1 aromatic heterocycles. The molecule has 2 aromatic carbocycles. The van der Waals surface area contributed by atoms with Crippen LogP contribution in [-0.2, 0) is 11.2 Å². The van der Waals surface area contributed by atoms with E-state index in [9.17, 15) is 4.79 Å². The summed E-state index contributed by atoms with van der Waals surface area (Å²) in [7, 11) is 4.66. The number of nitrogens with one attached hydrogen (secondary N) is 1. The third kappa shape index (κ3) is 5.20. The lowest BCUT2D eigenvalue weighted by atomic mass is 10.1. The Kier molecular flexibility index (Phi) is 7.76. The highest BCUT2D eigenvalue weighted by Crippen LogP contribution is 2.39. The van der Waals surface area contributed by atoms with E-state index in [1.807, 2.05) is 32.9 Å². The number of hydrogen-bond acceptors (Lipinski definition) is 5. The molecule has 0 bridgehead atoms. The molecule has 0 aliphatic carbocycles. The zero-order chi connectivity index (χ0) is 24.3. The van der Waals surface area contributed by atoms with E-state index >= 15 is 0 Å². The van der Waals surface area contributed by atoms with Gasteiger partial charge < -0.3 is 19.5 Å². The summed E-state index contributed by atoms with van der Waals surface area (Å²) in [4.78, 5) is 12.9. The van der Waals surface area contributed by atoms with Crippen molar-refractivity contribution in [2.45, 2.75) is 33.2 Å². The Balaban J connectivity index is 1.81. The minimum absolute atomic E-state index is 0.135. The van der Waals surface area contributed by atoms with Crippen LogP contribution in [0.4, 0.5) is 0 Å². The Hall–Kier alpha value is -2.90. The van der Waals surface area contributed by atoms with Gasteiger partial charge in [-0.15, -0.1) is 0 Å². The molecule has 0 spiro atoms. The van der Waals surface area contributed by atoms with Gasteiger partial charge in [-0.2, -0.15) is 5.10 Å². The third-order valence-corrected chi connectivity index (χ3v) is 6.02. The van der Waals surface area contributed by atoms with Crippen molar-refractivity contribution in [2.75, 3.05) is 21.3 Å². The number of hydrogen-bond donors (Lipinski definition) is 1. The molecule has 0 fully saturated rings. The number of aryl methyl sites for hydroxylation is 1. The average molecular weight is 492 g/mol. The molecule has 1 N–H and O–H groups in total. The fourth-order valence-electron chi connectivity index (χ4n) is 3.71. The van der Waals surface area contributed by atoms with E-state index in [0.29, 0.717) is 33.0 Å². The summed E-state index contributed by atoms with van der Waals surface area (Å²) >= 11 is 12.4. The maximum absolute atomic E-state index is 12.9. The number of aromatic nitrogens is 2. The minimum Gasteiger partial charge on any atom is -0.493 e. The number of amides is 1. The maximum Gasteiger partial charge on any atom is 0.225 e. The molecule has 0 saturated heterocycles. The van der Waals surface area contributed by atoms with Crippen LogP contribution >= 0.6 is 23.2 Å². The van der Waals surface area contributed by atoms with Crippen molar-refractivity contribution < 1.29 is 19.0 Å². The standard InChI is InChI=1S/C24H27Cl2N3O4/c1-13(16-9-21(31-4)24(33-6)22(10-16)32-5)27-23(30)12-18-14(2)28-29(15(18)3)20-8-7-17(25)11-19(20)26/h7-11,13H,12H2,1-6H3,(H,27,30). The second-order valence-electron chi connectivity index (χ2n) is 7.58. The quantitative estimate of drug-likeness (QED) is 0.466. The molecular formula is C24H27Cl2N3O4. The van der Waals surface area contributed by atoms with Crippen molar-refractivity contribution in [3.05, 3.63) is 62.9 Å². The molecule has 1 amide bonds. The molecule has 1 heterocycles. The van der Waals surface area contributed by atoms with Crippen molar-refractivity contribution in [2.24, 2.45) is 0 Å². The summed E-state index contributed by atoms with van der Waals surface area (Å²) in [5.74, 6) is 1.42. The van der Waals surface area contributed by atoms with E-state index < -0.39 is 0 Å². The summed E-state index contributed by atoms with van der Waals surface area (Å²) in [5.41, 5.74) is 3.98. The van der Waals surface area contributed by atoms with E-state index in [0.717, 1.165) is 22.5 Å². The van der Waals surface area contributed by atoms with Crippen molar-refractivity contribution in [3.63, 3.8) is 0 Å². The van der Waals surface area contributed by atoms with Gasteiger partial charge in [-0.1, -0.05) is 23.2 Å². The van der Waals surface area contributed by atoms with Crippen LogP contribution < -0.4 is 19.5 Å². The lowest BCUT2D eigenvalue weighted by molar-refractivity contribution is -0.121. The first kappa shape index (κ1) is 24.7. The van der Waals surface area contributed by atoms with Crippen molar-refractivity contribution in [3.8, 4) is 22.9 Å². The van der Waals surface area contributed by atoms with Gasteiger partial charge >= 0.3 is 0 Å². The van der Waals surface area contributed by atoms with Gasteiger partial charge in [0.15, 0.2) is 11.5 Å². The molecule has 0 radical (unpaired) electrons. The predicted octanol–water partition coefficient (Wildman–Crippen LogP) is 5.24. The van der Waals surface area contributed by atoms with Gasteiger partial charge in [-0.3, -0.25) is 4.79 Å². The molecular weight excluding hydrogens is 465 g/mol. The first-order chi connectivity index (χ1) is 15.7. The van der Waals surface area contributed by atoms with Crippen molar-refractivity contribution in [1.82, 2.24) is 15.1 Å². The van der Waals surface area contributed by atoms with Gasteiger partial charge in [0.25, 0.3) is 0 Å². The summed E-state index contributed by atoms with van der Waals surface area (Å²) in [6.07, 6.45) is 0.178. The fourth-order valence-corrected chi connectivity index (χ4v) is 4.19. The number of benzene rings is 2. The SMILES string of the molecule is COc1cc(C(C)NC(=O)Cc2c(C)nn(-c3ccc(Cl)cc3Cl)c2C)cc(OC)c1OC. The van der Waals surface area contributed by atoms with Crippen LogP contribution in [0.15, 0.2) is 30.3 Å². The first-order valence-electron chi connectivity index (χ1n) is 10.3. The molecule has 1 unspecified atom stereocenters. The maximum atomic E-state index is 12.9. The smallest absolute Gasteiger partial charge is 0.225 e. The molecule has 33 heavy (non-hydrogen) atoms. The van der Waals surface area contributed by atoms with Crippen LogP contribution in [-0.4, -0.2) is 37.0 Å². The Morgan fingerprint density at radius 1 is 1.06 bits per heavy atom. The highest BCUT2D eigenvalue weighted by Gasteiger charge is 2.21. The van der Waals surface area contributed by atoms with E-state index in [2.05, 4.69) is 10.4 Å². The van der Waals surface area contributed by atoms with E-state index in [-0.39, 0.29) is 18.4 Å². The normalized spacial score (nSPS) is 11.8. The van der Waals surface area contributed by atoms with Crippen LogP contribution in [0.5, 0.6) is 17.2 Å². The van der Waals surface area contributed by atoms with Crippen LogP contribution in [0.2, 0.25) is 10.0 Å². The zero-order valence-corrected chi connectivity index (χ0v) is 21.0. The van der Waals surface area contributed by atoms with Crippen LogP contribution in [0.3, 0.4) is 0 Å². The van der Waals surface area contributed by atoms with E-state index in [4.69, 9.17) is 37.4 Å². The van der Waals surface area contributed by atoms with Crippen molar-refractivity contribution >= 4 is 29.1 Å². The molecule has 9 heteroatoms. The molecule has 176 valence electrons. The lowest BCUT2D eigenvalue weighted by Crippen LogP contribution is -2.28. The third-order valence-electron chi connectivity index (χ3n) is 5.48. The van der Waals surface area contributed by atoms with E-state index in [1.165, 1.54) is 0 Å². The monoisotopic (exact) mass is 491 g/mol. The fraction of sp³-hybridized carbons (Fsp3) is 0.333. The van der Waals surface area contributed by atoms with Gasteiger partial charge in [0.1, 0.15) is 0 Å². The number of nitrogens with zero attached hydrogens (tertiary/aromatic N) is 2. The van der Waals surface area contributed by atoms with Crippen LogP contribution in [0, 0.1) is 13.8 Å². The molecule has 3 rings (SSSR count). The number of methoxy groups -OCH3 is 3. The Labute approximate surface area is 203 Å². The Morgan fingerprint density at radius 2 is 1.70 bits per heavy atom. The topological polar surface area (TPSA) is 74.6 Å². The molecule has 1 atom stereocenters. The second-order valence-corrected chi connectivity index (χ2v) is 8.43. The summed E-state index contributed by atoms with van der Waals surface area (Å²) in [6.45, 7) is 5.68. The largest absolute Gasteiger partial charge is 0.493 e. The molecule has 7 nitrogen and oxygen atoms in total. The summed E-state index contributed by atoms with van der Waals surface area (Å²) in [5, 5.41) is 8.66. The highest BCUT2D eigenvalue weighted by molar-refractivity contribution is 6.35. The average Bonchev–Trinajstić information content (AvgIpc) is 3.05. The van der Waals surface area contributed by atoms with Crippen molar-refractivity contribution in [1.29, 1.82) is 0 Å². The lowest BCUT2D eigenvalue weighted by Gasteiger charge is -2.19. The van der Waals surface area contributed by atoms with Crippen LogP contribution in [0.25, 0.3) is 5.69 Å². The molecule has 3 aromatic rings. The van der Waals surface area contributed by atoms with Gasteiger partial charge in [0.2, 0.25) is 11.7 Å². The van der Waals surface area contributed by atoms with Gasteiger partial charge in [0.05, 0.1) is 50.2 Å².